The lowest BCUT2D eigenvalue weighted by atomic mass is 10.1. The van der Waals surface area contributed by atoms with E-state index in [-0.39, 0.29) is 0 Å². The number of nitrogens with one attached hydrogen (secondary N) is 1. The Hall–Kier alpha value is -0.800. The second-order valence-corrected chi connectivity index (χ2v) is 6.69. The lowest BCUT2D eigenvalue weighted by Gasteiger charge is -2.15. The van der Waals surface area contributed by atoms with E-state index in [4.69, 9.17) is 4.42 Å². The molecule has 1 unspecified atom stereocenters. The van der Waals surface area contributed by atoms with Crippen LogP contribution in [0.2, 0.25) is 0 Å². The van der Waals surface area contributed by atoms with Crippen molar-refractivity contribution in [1.29, 1.82) is 0 Å². The van der Waals surface area contributed by atoms with E-state index in [0.29, 0.717) is 6.04 Å². The molecular weight excluding hydrogens is 314 g/mol. The third-order valence-corrected chi connectivity index (χ3v) is 4.68. The topological polar surface area (TPSA) is 25.2 Å². The van der Waals surface area contributed by atoms with Crippen molar-refractivity contribution in [2.45, 2.75) is 45.1 Å². The van der Waals surface area contributed by atoms with Gasteiger partial charge in [0.1, 0.15) is 11.3 Å². The number of rotatable bonds is 7. The lowest BCUT2D eigenvalue weighted by molar-refractivity contribution is 0.395. The predicted octanol–water partition coefficient (Wildman–Crippen LogP) is 5.43. The van der Waals surface area contributed by atoms with Gasteiger partial charge in [0.15, 0.2) is 0 Å². The average Bonchev–Trinajstić information content (AvgIpc) is 3.16. The maximum atomic E-state index is 6.10. The van der Waals surface area contributed by atoms with Crippen LogP contribution in [0.5, 0.6) is 0 Å². The zero-order valence-corrected chi connectivity index (χ0v) is 13.6. The monoisotopic (exact) mass is 335 g/mol. The van der Waals surface area contributed by atoms with E-state index in [2.05, 4.69) is 46.4 Å². The third kappa shape index (κ3) is 3.26. The Morgan fingerprint density at radius 2 is 2.25 bits per heavy atom. The molecule has 1 N–H and O–H groups in total. The molecule has 20 heavy (non-hydrogen) atoms. The quantitative estimate of drug-likeness (QED) is 0.730. The number of hydrogen-bond acceptors (Lipinski definition) is 2. The van der Waals surface area contributed by atoms with E-state index in [9.17, 15) is 0 Å². The molecule has 1 heterocycles. The van der Waals surface area contributed by atoms with Crippen LogP contribution in [-0.4, -0.2) is 6.54 Å². The zero-order valence-electron chi connectivity index (χ0n) is 12.0. The number of benzene rings is 1. The largest absolute Gasteiger partial charge is 0.458 e. The highest BCUT2D eigenvalue weighted by Gasteiger charge is 2.24. The van der Waals surface area contributed by atoms with Crippen LogP contribution in [0.3, 0.4) is 0 Å². The number of furan rings is 1. The van der Waals surface area contributed by atoms with Gasteiger partial charge in [-0.2, -0.15) is 0 Å². The molecule has 1 aliphatic rings. The summed E-state index contributed by atoms with van der Waals surface area (Å²) in [5.74, 6) is 2.05. The number of fused-ring (bicyclic) bond motifs is 1. The molecule has 2 nitrogen and oxygen atoms in total. The van der Waals surface area contributed by atoms with Gasteiger partial charge < -0.3 is 9.73 Å². The molecule has 0 amide bonds. The summed E-state index contributed by atoms with van der Waals surface area (Å²) in [6.07, 6.45) is 6.50. The minimum Gasteiger partial charge on any atom is -0.458 e. The molecule has 0 spiro atoms. The fourth-order valence-corrected chi connectivity index (χ4v) is 3.15. The van der Waals surface area contributed by atoms with Gasteiger partial charge in [0.05, 0.1) is 10.5 Å². The smallest absolute Gasteiger partial charge is 0.148 e. The maximum Gasteiger partial charge on any atom is 0.148 e. The maximum absolute atomic E-state index is 6.10. The second kappa shape index (κ2) is 6.31. The van der Waals surface area contributed by atoms with E-state index < -0.39 is 0 Å². The Balaban J connectivity index is 1.80. The summed E-state index contributed by atoms with van der Waals surface area (Å²) in [7, 11) is 0. The second-order valence-electron chi connectivity index (χ2n) is 5.83. The highest BCUT2D eigenvalue weighted by atomic mass is 79.9. The van der Waals surface area contributed by atoms with Crippen molar-refractivity contribution in [2.75, 3.05) is 6.54 Å². The summed E-state index contributed by atoms with van der Waals surface area (Å²) in [6.45, 7) is 3.26. The first kappa shape index (κ1) is 14.2. The molecule has 3 heteroatoms. The molecular formula is C17H22BrNO. The molecule has 3 rings (SSSR count). The third-order valence-electron chi connectivity index (χ3n) is 4.06. The highest BCUT2D eigenvalue weighted by molar-refractivity contribution is 9.10. The number of halogens is 1. The zero-order chi connectivity index (χ0) is 13.9. The van der Waals surface area contributed by atoms with Crippen LogP contribution in [0.4, 0.5) is 0 Å². The lowest BCUT2D eigenvalue weighted by Crippen LogP contribution is -2.21. The fourth-order valence-electron chi connectivity index (χ4n) is 2.69. The van der Waals surface area contributed by atoms with Gasteiger partial charge in [0.25, 0.3) is 0 Å². The summed E-state index contributed by atoms with van der Waals surface area (Å²) < 4.78 is 7.14. The Bertz CT molecular complexity index is 573. The summed E-state index contributed by atoms with van der Waals surface area (Å²) in [6, 6.07) is 8.76. The first-order valence-corrected chi connectivity index (χ1v) is 8.48. The minimum absolute atomic E-state index is 0.356. The number of para-hydroxylation sites is 1. The molecule has 1 aromatic carbocycles. The van der Waals surface area contributed by atoms with E-state index in [1.54, 1.807) is 0 Å². The van der Waals surface area contributed by atoms with Crippen LogP contribution >= 0.6 is 15.9 Å². The van der Waals surface area contributed by atoms with Crippen LogP contribution in [-0.2, 0) is 0 Å². The van der Waals surface area contributed by atoms with Crippen molar-refractivity contribution in [3.63, 3.8) is 0 Å². The fraction of sp³-hybridized carbons (Fsp3) is 0.529. The van der Waals surface area contributed by atoms with Gasteiger partial charge in [-0.05, 0) is 59.8 Å². The van der Waals surface area contributed by atoms with Crippen LogP contribution in [0.15, 0.2) is 33.2 Å². The Labute approximate surface area is 129 Å². The van der Waals surface area contributed by atoms with Gasteiger partial charge in [-0.3, -0.25) is 0 Å². The highest BCUT2D eigenvalue weighted by Crippen LogP contribution is 2.37. The van der Waals surface area contributed by atoms with Gasteiger partial charge in [0, 0.05) is 5.39 Å². The molecule has 1 atom stereocenters. The van der Waals surface area contributed by atoms with Gasteiger partial charge in [-0.15, -0.1) is 0 Å². The van der Waals surface area contributed by atoms with E-state index in [1.165, 1.54) is 31.1 Å². The molecule has 0 saturated heterocycles. The van der Waals surface area contributed by atoms with Crippen LogP contribution in [0.1, 0.15) is 50.8 Å². The minimum atomic E-state index is 0.356. The molecule has 0 bridgehead atoms. The van der Waals surface area contributed by atoms with Crippen LogP contribution < -0.4 is 5.32 Å². The van der Waals surface area contributed by atoms with Gasteiger partial charge in [-0.1, -0.05) is 31.9 Å². The van der Waals surface area contributed by atoms with Crippen molar-refractivity contribution in [1.82, 2.24) is 5.32 Å². The van der Waals surface area contributed by atoms with Crippen molar-refractivity contribution in [3.8, 4) is 0 Å². The molecule has 1 saturated carbocycles. The molecule has 1 fully saturated rings. The molecule has 2 aromatic rings. The Morgan fingerprint density at radius 3 is 2.95 bits per heavy atom. The van der Waals surface area contributed by atoms with E-state index in [0.717, 1.165) is 34.7 Å². The summed E-state index contributed by atoms with van der Waals surface area (Å²) in [5.41, 5.74) is 0.970. The van der Waals surface area contributed by atoms with E-state index in [1.807, 2.05) is 6.07 Å². The number of hydrogen-bond donors (Lipinski definition) is 1. The van der Waals surface area contributed by atoms with Crippen molar-refractivity contribution in [3.05, 3.63) is 34.5 Å². The molecule has 1 aromatic heterocycles. The average molecular weight is 336 g/mol. The SMILES string of the molecule is CCCNC(CCC1CC1)c1cc2cccc(Br)c2o1. The summed E-state index contributed by atoms with van der Waals surface area (Å²) in [5, 5.41) is 4.82. The summed E-state index contributed by atoms with van der Waals surface area (Å²) >= 11 is 3.57. The van der Waals surface area contributed by atoms with Gasteiger partial charge >= 0.3 is 0 Å². The van der Waals surface area contributed by atoms with Crippen molar-refractivity contribution >= 4 is 26.9 Å². The normalized spacial score (nSPS) is 16.7. The summed E-state index contributed by atoms with van der Waals surface area (Å²) in [4.78, 5) is 0. The Morgan fingerprint density at radius 1 is 1.40 bits per heavy atom. The molecule has 1 aliphatic carbocycles. The standard InChI is InChI=1S/C17H22BrNO/c1-2-10-19-15(9-8-12-6-7-12)16-11-13-4-3-5-14(18)17(13)20-16/h3-5,11-12,15,19H,2,6-10H2,1H3. The predicted molar refractivity (Wildman–Crippen MR) is 86.9 cm³/mol. The molecule has 0 radical (unpaired) electrons. The van der Waals surface area contributed by atoms with Crippen LogP contribution in [0, 0.1) is 5.92 Å². The molecule has 0 aliphatic heterocycles. The first-order chi connectivity index (χ1) is 9.78. The Kier molecular flexibility index (Phi) is 4.47. The molecule has 108 valence electrons. The van der Waals surface area contributed by atoms with E-state index >= 15 is 0 Å². The van der Waals surface area contributed by atoms with Gasteiger partial charge in [-0.25, -0.2) is 0 Å². The van der Waals surface area contributed by atoms with Crippen LogP contribution in [0.25, 0.3) is 11.0 Å². The van der Waals surface area contributed by atoms with Crippen molar-refractivity contribution < 1.29 is 4.42 Å². The van der Waals surface area contributed by atoms with Crippen molar-refractivity contribution in [2.24, 2.45) is 5.92 Å². The first-order valence-electron chi connectivity index (χ1n) is 7.69. The van der Waals surface area contributed by atoms with Gasteiger partial charge in [0.2, 0.25) is 0 Å².